The number of anilines is 1. The van der Waals surface area contributed by atoms with Gasteiger partial charge >= 0.3 is 0 Å². The summed E-state index contributed by atoms with van der Waals surface area (Å²) in [5, 5.41) is 13.2. The minimum absolute atomic E-state index is 0.0860. The number of nitro groups is 1. The molecule has 0 aliphatic carbocycles. The van der Waals surface area contributed by atoms with Gasteiger partial charge in [0.25, 0.3) is 5.69 Å². The highest BCUT2D eigenvalue weighted by Gasteiger charge is 2.18. The highest BCUT2D eigenvalue weighted by atomic mass is 32.1. The van der Waals surface area contributed by atoms with Crippen LogP contribution in [-0.4, -0.2) is 26.5 Å². The van der Waals surface area contributed by atoms with Crippen molar-refractivity contribution in [2.45, 2.75) is 6.04 Å². The third-order valence-corrected chi connectivity index (χ3v) is 3.67. The van der Waals surface area contributed by atoms with Crippen LogP contribution in [0.25, 0.3) is 0 Å². The van der Waals surface area contributed by atoms with Gasteiger partial charge in [0.15, 0.2) is 10.2 Å². The van der Waals surface area contributed by atoms with Gasteiger partial charge in [-0.25, -0.2) is 4.98 Å². The van der Waals surface area contributed by atoms with Crippen molar-refractivity contribution in [1.82, 2.24) is 9.97 Å². The lowest BCUT2D eigenvalue weighted by atomic mass is 10.2. The molecule has 110 valence electrons. The maximum absolute atomic E-state index is 10.6. The number of aromatic nitrogens is 2. The van der Waals surface area contributed by atoms with Crippen molar-refractivity contribution in [3.8, 4) is 0 Å². The number of thiazole rings is 1. The molecule has 0 amide bonds. The highest BCUT2D eigenvalue weighted by molar-refractivity contribution is 7.80. The average molecular weight is 324 g/mol. The lowest BCUT2D eigenvalue weighted by Crippen LogP contribution is -2.40. The first-order valence-corrected chi connectivity index (χ1v) is 7.10. The molecule has 1 atom stereocenters. The summed E-state index contributed by atoms with van der Waals surface area (Å²) >= 11 is 6.38. The molecule has 0 aliphatic heterocycles. The number of hydrogen-bond donors (Lipinski definition) is 2. The number of nitrogens with zero attached hydrogens (tertiary/aromatic N) is 4. The van der Waals surface area contributed by atoms with E-state index in [1.54, 1.807) is 16.5 Å². The molecule has 0 spiro atoms. The lowest BCUT2D eigenvalue weighted by Gasteiger charge is -2.23. The molecule has 2 heterocycles. The van der Waals surface area contributed by atoms with E-state index in [1.165, 1.54) is 29.7 Å². The SMILES string of the molecule is NC(=S)N(CC(N)c1ccc([N+](=O)[O-])cn1)c1nccs1. The van der Waals surface area contributed by atoms with E-state index in [4.69, 9.17) is 23.7 Å². The van der Waals surface area contributed by atoms with E-state index in [-0.39, 0.29) is 17.3 Å². The Morgan fingerprint density at radius 2 is 2.29 bits per heavy atom. The second kappa shape index (κ2) is 6.52. The Morgan fingerprint density at radius 3 is 2.76 bits per heavy atom. The monoisotopic (exact) mass is 324 g/mol. The number of rotatable bonds is 5. The first kappa shape index (κ1) is 15.2. The molecule has 0 aliphatic rings. The zero-order valence-electron chi connectivity index (χ0n) is 10.7. The Hall–Kier alpha value is -2.17. The molecule has 0 fully saturated rings. The maximum atomic E-state index is 10.6. The van der Waals surface area contributed by atoms with Gasteiger partial charge < -0.3 is 11.5 Å². The third kappa shape index (κ3) is 3.68. The second-order valence-electron chi connectivity index (χ2n) is 4.07. The first-order chi connectivity index (χ1) is 9.99. The van der Waals surface area contributed by atoms with Gasteiger partial charge in [-0.05, 0) is 18.3 Å². The molecule has 21 heavy (non-hydrogen) atoms. The number of nitrogens with two attached hydrogens (primary N) is 2. The van der Waals surface area contributed by atoms with Gasteiger partial charge in [-0.15, -0.1) is 11.3 Å². The van der Waals surface area contributed by atoms with Crippen LogP contribution in [0.2, 0.25) is 0 Å². The smallest absolute Gasteiger partial charge is 0.287 e. The van der Waals surface area contributed by atoms with E-state index >= 15 is 0 Å². The summed E-state index contributed by atoms with van der Waals surface area (Å²) in [6.07, 6.45) is 2.81. The molecule has 0 saturated carbocycles. The summed E-state index contributed by atoms with van der Waals surface area (Å²) in [4.78, 5) is 19.8. The van der Waals surface area contributed by atoms with Gasteiger partial charge in [0.2, 0.25) is 0 Å². The Bertz CT molecular complexity index is 631. The van der Waals surface area contributed by atoms with E-state index in [2.05, 4.69) is 9.97 Å². The Balaban J connectivity index is 2.13. The van der Waals surface area contributed by atoms with Gasteiger partial charge in [0.1, 0.15) is 6.20 Å². The number of hydrogen-bond acceptors (Lipinski definition) is 7. The summed E-state index contributed by atoms with van der Waals surface area (Å²) in [6.45, 7) is 0.285. The zero-order valence-corrected chi connectivity index (χ0v) is 12.4. The van der Waals surface area contributed by atoms with E-state index < -0.39 is 11.0 Å². The Morgan fingerprint density at radius 1 is 1.52 bits per heavy atom. The summed E-state index contributed by atoms with van der Waals surface area (Å²) in [5.41, 5.74) is 12.2. The fourth-order valence-corrected chi connectivity index (χ4v) is 2.51. The van der Waals surface area contributed by atoms with Crippen molar-refractivity contribution in [2.24, 2.45) is 11.5 Å². The molecule has 0 radical (unpaired) electrons. The van der Waals surface area contributed by atoms with Crippen LogP contribution in [0.4, 0.5) is 10.8 Å². The number of pyridine rings is 1. The van der Waals surface area contributed by atoms with Crippen molar-refractivity contribution >= 4 is 39.5 Å². The minimum Gasteiger partial charge on any atom is -0.376 e. The lowest BCUT2D eigenvalue weighted by molar-refractivity contribution is -0.385. The van der Waals surface area contributed by atoms with Crippen LogP contribution in [0.3, 0.4) is 0 Å². The van der Waals surface area contributed by atoms with Gasteiger partial charge in [0.05, 0.1) is 16.7 Å². The van der Waals surface area contributed by atoms with Crippen molar-refractivity contribution in [1.29, 1.82) is 0 Å². The van der Waals surface area contributed by atoms with Gasteiger partial charge in [-0.1, -0.05) is 0 Å². The third-order valence-electron chi connectivity index (χ3n) is 2.66. The molecular formula is C11H12N6O2S2. The first-order valence-electron chi connectivity index (χ1n) is 5.81. The fraction of sp³-hybridized carbons (Fsp3) is 0.182. The van der Waals surface area contributed by atoms with Crippen LogP contribution in [0.15, 0.2) is 29.9 Å². The average Bonchev–Trinajstić information content (AvgIpc) is 2.98. The van der Waals surface area contributed by atoms with E-state index in [9.17, 15) is 10.1 Å². The molecule has 8 nitrogen and oxygen atoms in total. The minimum atomic E-state index is -0.515. The summed E-state index contributed by atoms with van der Waals surface area (Å²) in [6, 6.07) is 2.37. The molecule has 10 heteroatoms. The summed E-state index contributed by atoms with van der Waals surface area (Å²) in [7, 11) is 0. The zero-order chi connectivity index (χ0) is 15.4. The summed E-state index contributed by atoms with van der Waals surface area (Å²) < 4.78 is 0. The molecule has 0 saturated heterocycles. The molecule has 0 bridgehead atoms. The van der Waals surface area contributed by atoms with Crippen molar-refractivity contribution in [2.75, 3.05) is 11.4 Å². The Kier molecular flexibility index (Phi) is 4.73. The Labute approximate surface area is 129 Å². The topological polar surface area (TPSA) is 124 Å². The predicted octanol–water partition coefficient (Wildman–Crippen LogP) is 1.20. The van der Waals surface area contributed by atoms with Crippen LogP contribution in [0.1, 0.15) is 11.7 Å². The molecular weight excluding hydrogens is 312 g/mol. The summed E-state index contributed by atoms with van der Waals surface area (Å²) in [5.74, 6) is 0. The largest absolute Gasteiger partial charge is 0.376 e. The maximum Gasteiger partial charge on any atom is 0.287 e. The normalized spacial score (nSPS) is 11.9. The molecule has 0 aromatic carbocycles. The molecule has 2 rings (SSSR count). The van der Waals surface area contributed by atoms with Crippen molar-refractivity contribution in [3.63, 3.8) is 0 Å². The van der Waals surface area contributed by atoms with Gasteiger partial charge in [-0.2, -0.15) is 0 Å². The van der Waals surface area contributed by atoms with Crippen LogP contribution in [-0.2, 0) is 0 Å². The fourth-order valence-electron chi connectivity index (χ4n) is 1.63. The standard InChI is InChI=1S/C11H12N6O2S2/c12-8(9-2-1-7(5-15-9)17(18)19)6-16(10(13)20)11-14-3-4-21-11/h1-5,8H,6,12H2,(H2,13,20). The second-order valence-corrected chi connectivity index (χ2v) is 5.36. The van der Waals surface area contributed by atoms with Crippen LogP contribution in [0, 0.1) is 10.1 Å². The molecule has 4 N–H and O–H groups in total. The van der Waals surface area contributed by atoms with Crippen LogP contribution in [0.5, 0.6) is 0 Å². The number of thiocarbonyl (C=S) groups is 1. The van der Waals surface area contributed by atoms with Gasteiger partial charge in [-0.3, -0.25) is 20.0 Å². The quantitative estimate of drug-likeness (QED) is 0.477. The van der Waals surface area contributed by atoms with Crippen LogP contribution < -0.4 is 16.4 Å². The predicted molar refractivity (Wildman–Crippen MR) is 84.1 cm³/mol. The van der Waals surface area contributed by atoms with Crippen molar-refractivity contribution in [3.05, 3.63) is 45.7 Å². The highest BCUT2D eigenvalue weighted by Crippen LogP contribution is 2.20. The van der Waals surface area contributed by atoms with E-state index in [1.807, 2.05) is 0 Å². The van der Waals surface area contributed by atoms with E-state index in [0.717, 1.165) is 0 Å². The molecule has 2 aromatic rings. The van der Waals surface area contributed by atoms with Gasteiger partial charge in [0, 0.05) is 24.2 Å². The van der Waals surface area contributed by atoms with E-state index in [0.29, 0.717) is 10.8 Å². The molecule has 2 aromatic heterocycles. The van der Waals surface area contributed by atoms with Crippen molar-refractivity contribution < 1.29 is 4.92 Å². The van der Waals surface area contributed by atoms with Crippen LogP contribution >= 0.6 is 23.6 Å². The molecule has 1 unspecified atom stereocenters.